The van der Waals surface area contributed by atoms with E-state index in [2.05, 4.69) is 0 Å². The summed E-state index contributed by atoms with van der Waals surface area (Å²) >= 11 is 0. The first-order chi connectivity index (χ1) is 5.97. The van der Waals surface area contributed by atoms with E-state index in [9.17, 15) is 13.0 Å². The summed E-state index contributed by atoms with van der Waals surface area (Å²) in [5.41, 5.74) is 1.10. The Morgan fingerprint density at radius 3 is 2.38 bits per heavy atom. The molecular weight excluding hydrogens is 190 g/mol. The summed E-state index contributed by atoms with van der Waals surface area (Å²) in [7, 11) is -4.10. The lowest BCUT2D eigenvalue weighted by atomic mass is 10.3. The third-order valence-electron chi connectivity index (χ3n) is 1.66. The highest BCUT2D eigenvalue weighted by Crippen LogP contribution is 1.90. The van der Waals surface area contributed by atoms with Crippen LogP contribution in [-0.4, -0.2) is 18.7 Å². The number of pyridine rings is 1. The van der Waals surface area contributed by atoms with E-state index >= 15 is 0 Å². The van der Waals surface area contributed by atoms with E-state index in [1.807, 2.05) is 19.1 Å². The first-order valence-electron chi connectivity index (χ1n) is 3.87. The molecule has 0 aliphatic heterocycles. The molecule has 1 heterocycles. The second-order valence-corrected chi connectivity index (χ2v) is 4.40. The molecule has 0 aliphatic carbocycles. The van der Waals surface area contributed by atoms with Gasteiger partial charge in [0.2, 0.25) is 0 Å². The number of nitrogens with zero attached hydrogens (tertiary/aromatic N) is 1. The summed E-state index contributed by atoms with van der Waals surface area (Å²) in [6.07, 6.45) is 3.50. The second kappa shape index (κ2) is 3.85. The fourth-order valence-corrected chi connectivity index (χ4v) is 1.33. The normalized spacial score (nSPS) is 11.5. The number of aryl methyl sites for hydroxylation is 2. The predicted molar refractivity (Wildman–Crippen MR) is 45.9 cm³/mol. The van der Waals surface area contributed by atoms with E-state index < -0.39 is 10.1 Å². The largest absolute Gasteiger partial charge is 0.748 e. The Hall–Kier alpha value is -0.940. The molecule has 5 heteroatoms. The molecule has 4 nitrogen and oxygen atoms in total. The van der Waals surface area contributed by atoms with Crippen LogP contribution in [0.15, 0.2) is 24.5 Å². The van der Waals surface area contributed by atoms with E-state index in [1.165, 1.54) is 0 Å². The lowest BCUT2D eigenvalue weighted by molar-refractivity contribution is -0.692. The molecule has 72 valence electrons. The molecule has 0 aliphatic rings. The van der Waals surface area contributed by atoms with E-state index in [0.717, 1.165) is 5.56 Å². The lowest BCUT2D eigenvalue weighted by Gasteiger charge is -2.02. The van der Waals surface area contributed by atoms with Gasteiger partial charge in [-0.05, 0) is 12.5 Å². The maximum atomic E-state index is 10.3. The first kappa shape index (κ1) is 10.1. The van der Waals surface area contributed by atoms with Crippen molar-refractivity contribution < 1.29 is 17.5 Å². The summed E-state index contributed by atoms with van der Waals surface area (Å²) in [6, 6.07) is 3.72. The summed E-state index contributed by atoms with van der Waals surface area (Å²) in [4.78, 5) is 0. The Morgan fingerprint density at radius 2 is 1.92 bits per heavy atom. The molecule has 0 bridgehead atoms. The summed E-state index contributed by atoms with van der Waals surface area (Å²) in [5, 5.41) is 0. The Kier molecular flexibility index (Phi) is 3.00. The van der Waals surface area contributed by atoms with E-state index in [1.54, 1.807) is 17.0 Å². The van der Waals surface area contributed by atoms with Crippen LogP contribution in [0.5, 0.6) is 0 Å². The van der Waals surface area contributed by atoms with Crippen molar-refractivity contribution in [3.05, 3.63) is 30.1 Å². The van der Waals surface area contributed by atoms with Crippen molar-refractivity contribution in [3.8, 4) is 0 Å². The minimum atomic E-state index is -4.10. The fraction of sp³-hybridized carbons (Fsp3) is 0.375. The van der Waals surface area contributed by atoms with Crippen LogP contribution in [0.25, 0.3) is 0 Å². The third kappa shape index (κ3) is 4.00. The van der Waals surface area contributed by atoms with Gasteiger partial charge in [-0.3, -0.25) is 0 Å². The first-order valence-corrected chi connectivity index (χ1v) is 5.44. The number of rotatable bonds is 3. The molecule has 0 saturated heterocycles. The molecule has 13 heavy (non-hydrogen) atoms. The van der Waals surface area contributed by atoms with Crippen LogP contribution in [0.3, 0.4) is 0 Å². The van der Waals surface area contributed by atoms with Crippen molar-refractivity contribution in [1.29, 1.82) is 0 Å². The summed E-state index contributed by atoms with van der Waals surface area (Å²) < 4.78 is 32.6. The molecule has 0 aromatic carbocycles. The van der Waals surface area contributed by atoms with Gasteiger partial charge in [0.05, 0.1) is 5.75 Å². The molecule has 0 unspecified atom stereocenters. The molecule has 0 fully saturated rings. The second-order valence-electron chi connectivity index (χ2n) is 2.88. The quantitative estimate of drug-likeness (QED) is 0.504. The van der Waals surface area contributed by atoms with Crippen LogP contribution >= 0.6 is 0 Å². The predicted octanol–water partition coefficient (Wildman–Crippen LogP) is -0.172. The van der Waals surface area contributed by atoms with Crippen molar-refractivity contribution in [3.63, 3.8) is 0 Å². The maximum absolute atomic E-state index is 10.3. The molecular formula is C8H11NO3S. The number of hydrogen-bond acceptors (Lipinski definition) is 3. The zero-order chi connectivity index (χ0) is 9.90. The Balaban J connectivity index is 2.61. The average Bonchev–Trinajstić information content (AvgIpc) is 2.02. The zero-order valence-corrected chi connectivity index (χ0v) is 8.12. The molecule has 0 saturated carbocycles. The van der Waals surface area contributed by atoms with Crippen molar-refractivity contribution >= 4 is 10.1 Å². The minimum absolute atomic E-state index is 0.214. The highest BCUT2D eigenvalue weighted by molar-refractivity contribution is 7.85. The molecule has 0 amide bonds. The van der Waals surface area contributed by atoms with Crippen LogP contribution in [0.2, 0.25) is 0 Å². The maximum Gasteiger partial charge on any atom is 0.169 e. The number of aromatic nitrogens is 1. The molecule has 1 rings (SSSR count). The lowest BCUT2D eigenvalue weighted by Crippen LogP contribution is -2.36. The van der Waals surface area contributed by atoms with Crippen LogP contribution in [0.1, 0.15) is 5.56 Å². The number of hydrogen-bond donors (Lipinski definition) is 0. The van der Waals surface area contributed by atoms with Crippen LogP contribution in [0.4, 0.5) is 0 Å². The summed E-state index contributed by atoms with van der Waals surface area (Å²) in [5.74, 6) is -0.360. The standard InChI is InChI=1S/C8H11NO3S/c1-8-2-4-9(5-3-8)6-7-13(10,11)12/h2-5H,6-7H2,1H3. The highest BCUT2D eigenvalue weighted by Gasteiger charge is 2.02. The van der Waals surface area contributed by atoms with Gasteiger partial charge in [-0.15, -0.1) is 0 Å². The van der Waals surface area contributed by atoms with Gasteiger partial charge in [-0.25, -0.2) is 13.0 Å². The monoisotopic (exact) mass is 201 g/mol. The van der Waals surface area contributed by atoms with Crippen molar-refractivity contribution in [2.24, 2.45) is 0 Å². The van der Waals surface area contributed by atoms with E-state index in [0.29, 0.717) is 0 Å². The van der Waals surface area contributed by atoms with Gasteiger partial charge in [0, 0.05) is 12.1 Å². The molecule has 0 spiro atoms. The van der Waals surface area contributed by atoms with Crippen LogP contribution in [-0.2, 0) is 16.7 Å². The molecule has 0 atom stereocenters. The topological polar surface area (TPSA) is 61.1 Å². The van der Waals surface area contributed by atoms with Crippen LogP contribution in [0, 0.1) is 6.92 Å². The van der Waals surface area contributed by atoms with Crippen molar-refractivity contribution in [2.75, 3.05) is 5.75 Å². The zero-order valence-electron chi connectivity index (χ0n) is 7.30. The highest BCUT2D eigenvalue weighted by atomic mass is 32.2. The smallest absolute Gasteiger partial charge is 0.169 e. The Morgan fingerprint density at radius 1 is 1.38 bits per heavy atom. The Bertz CT molecular complexity index is 369. The molecule has 0 radical (unpaired) electrons. The van der Waals surface area contributed by atoms with Crippen molar-refractivity contribution in [2.45, 2.75) is 13.5 Å². The average molecular weight is 201 g/mol. The molecule has 1 aromatic rings. The van der Waals surface area contributed by atoms with Gasteiger partial charge in [-0.1, -0.05) is 0 Å². The molecule has 0 N–H and O–H groups in total. The van der Waals surface area contributed by atoms with Crippen LogP contribution < -0.4 is 4.57 Å². The third-order valence-corrected chi connectivity index (χ3v) is 2.34. The fourth-order valence-electron chi connectivity index (χ4n) is 0.898. The van der Waals surface area contributed by atoms with E-state index in [-0.39, 0.29) is 12.3 Å². The van der Waals surface area contributed by atoms with Gasteiger partial charge >= 0.3 is 0 Å². The van der Waals surface area contributed by atoms with Gasteiger partial charge in [0.1, 0.15) is 10.1 Å². The minimum Gasteiger partial charge on any atom is -0.748 e. The Labute approximate surface area is 77.6 Å². The SMILES string of the molecule is Cc1cc[n+](CCS(=O)(=O)[O-])cc1. The van der Waals surface area contributed by atoms with Gasteiger partial charge < -0.3 is 4.55 Å². The summed E-state index contributed by atoms with van der Waals surface area (Å²) in [6.45, 7) is 2.15. The van der Waals surface area contributed by atoms with Gasteiger partial charge in [0.25, 0.3) is 0 Å². The van der Waals surface area contributed by atoms with Crippen molar-refractivity contribution in [1.82, 2.24) is 0 Å². The van der Waals surface area contributed by atoms with E-state index in [4.69, 9.17) is 0 Å². The van der Waals surface area contributed by atoms with Gasteiger partial charge in [-0.2, -0.15) is 0 Å². The molecule has 1 aromatic heterocycles. The van der Waals surface area contributed by atoms with Gasteiger partial charge in [0.15, 0.2) is 18.9 Å².